The molecule has 4 fully saturated rings. The minimum atomic E-state index is -0.226. The lowest BCUT2D eigenvalue weighted by Crippen LogP contribution is -2.62. The molecule has 0 aliphatic heterocycles. The monoisotopic (exact) mass is 402 g/mol. The van der Waals surface area contributed by atoms with Crippen LogP contribution in [0.1, 0.15) is 49.1 Å². The highest BCUT2D eigenvalue weighted by atomic mass is 32.1. The first-order chi connectivity index (χ1) is 13.4. The van der Waals surface area contributed by atoms with Crippen molar-refractivity contribution < 1.29 is 9.59 Å². The summed E-state index contributed by atoms with van der Waals surface area (Å²) in [4.78, 5) is 32.5. The number of carbonyl (C=O) groups is 2. The number of hydrogen-bond donors (Lipinski definition) is 2. The maximum Gasteiger partial charge on any atom is 0.318 e. The molecule has 0 spiro atoms. The number of urea groups is 1. The van der Waals surface area contributed by atoms with E-state index in [2.05, 4.69) is 22.2 Å². The first-order valence-electron chi connectivity index (χ1n) is 10.3. The normalized spacial score (nSPS) is 30.1. The van der Waals surface area contributed by atoms with E-state index in [9.17, 15) is 9.59 Å². The van der Waals surface area contributed by atoms with E-state index >= 15 is 0 Å². The number of amides is 3. The fraction of sp³-hybridized carbons (Fsp3) is 0.667. The van der Waals surface area contributed by atoms with Gasteiger partial charge in [-0.05, 0) is 70.1 Å². The van der Waals surface area contributed by atoms with Crippen LogP contribution in [0.2, 0.25) is 0 Å². The van der Waals surface area contributed by atoms with E-state index in [1.807, 2.05) is 13.8 Å². The van der Waals surface area contributed by atoms with Crippen LogP contribution in [0.4, 0.5) is 9.93 Å². The van der Waals surface area contributed by atoms with Crippen molar-refractivity contribution in [1.82, 2.24) is 15.2 Å². The molecule has 3 amide bonds. The molecule has 7 heteroatoms. The van der Waals surface area contributed by atoms with E-state index in [4.69, 9.17) is 0 Å². The summed E-state index contributed by atoms with van der Waals surface area (Å²) in [5.74, 6) is 2.06. The highest BCUT2D eigenvalue weighted by Gasteiger charge is 2.51. The van der Waals surface area contributed by atoms with E-state index in [1.54, 1.807) is 11.0 Å². The third-order valence-corrected chi connectivity index (χ3v) is 7.64. The first-order valence-corrected chi connectivity index (χ1v) is 11.1. The van der Waals surface area contributed by atoms with E-state index < -0.39 is 0 Å². The zero-order chi connectivity index (χ0) is 19.9. The molecule has 1 heterocycles. The molecule has 4 saturated carbocycles. The Hall–Kier alpha value is -1.89. The van der Waals surface area contributed by atoms with Gasteiger partial charge in [0.2, 0.25) is 5.91 Å². The highest BCUT2D eigenvalue weighted by molar-refractivity contribution is 7.15. The molecule has 1 aromatic rings. The Kier molecular flexibility index (Phi) is 5.21. The third kappa shape index (κ3) is 3.95. The quantitative estimate of drug-likeness (QED) is 0.710. The summed E-state index contributed by atoms with van der Waals surface area (Å²) in [6.07, 6.45) is 8.95. The number of rotatable bonds is 6. The predicted octanol–water partition coefficient (Wildman–Crippen LogP) is 3.86. The fourth-order valence-electron chi connectivity index (χ4n) is 5.80. The molecule has 1 aromatic heterocycles. The average Bonchev–Trinajstić information content (AvgIpc) is 2.90. The lowest BCUT2D eigenvalue weighted by Gasteiger charge is -2.57. The molecule has 4 aliphatic rings. The van der Waals surface area contributed by atoms with Crippen LogP contribution in [-0.4, -0.2) is 40.5 Å². The summed E-state index contributed by atoms with van der Waals surface area (Å²) in [5.41, 5.74) is 0.855. The molecule has 28 heavy (non-hydrogen) atoms. The van der Waals surface area contributed by atoms with Crippen LogP contribution in [0, 0.1) is 31.6 Å². The minimum absolute atomic E-state index is 0.00188. The van der Waals surface area contributed by atoms with Gasteiger partial charge in [0.1, 0.15) is 6.54 Å². The zero-order valence-electron chi connectivity index (χ0n) is 16.8. The number of hydrogen-bond acceptors (Lipinski definition) is 4. The Balaban J connectivity index is 1.39. The predicted molar refractivity (Wildman–Crippen MR) is 111 cm³/mol. The number of nitrogens with one attached hydrogen (secondary N) is 2. The molecular formula is C21H30N4O2S. The van der Waals surface area contributed by atoms with Crippen LogP contribution < -0.4 is 10.6 Å². The van der Waals surface area contributed by atoms with Gasteiger partial charge in [-0.1, -0.05) is 6.08 Å². The van der Waals surface area contributed by atoms with Crippen molar-refractivity contribution in [3.8, 4) is 0 Å². The topological polar surface area (TPSA) is 74.3 Å². The Labute approximate surface area is 170 Å². The Morgan fingerprint density at radius 3 is 2.32 bits per heavy atom. The summed E-state index contributed by atoms with van der Waals surface area (Å²) in [6.45, 7) is 8.00. The minimum Gasteiger partial charge on any atom is -0.333 e. The molecule has 0 saturated heterocycles. The SMILES string of the molecule is C=CCN(CC(=O)Nc1nc(C)c(C)s1)C(=O)NC12CC3CC(CC(C3)C1)C2. The Bertz CT molecular complexity index is 733. The van der Waals surface area contributed by atoms with E-state index in [1.165, 1.54) is 30.6 Å². The lowest BCUT2D eigenvalue weighted by molar-refractivity contribution is -0.116. The fourth-order valence-corrected chi connectivity index (χ4v) is 6.63. The molecular weight excluding hydrogens is 372 g/mol. The van der Waals surface area contributed by atoms with Crippen LogP contribution in [0.25, 0.3) is 0 Å². The highest BCUT2D eigenvalue weighted by Crippen LogP contribution is 2.55. The molecule has 4 aliphatic carbocycles. The molecule has 0 unspecified atom stereocenters. The summed E-state index contributed by atoms with van der Waals surface area (Å²) in [7, 11) is 0. The van der Waals surface area contributed by atoms with Gasteiger partial charge in [0.05, 0.1) is 5.69 Å². The van der Waals surface area contributed by atoms with Crippen molar-refractivity contribution in [3.63, 3.8) is 0 Å². The molecule has 5 rings (SSSR count). The van der Waals surface area contributed by atoms with Crippen molar-refractivity contribution in [3.05, 3.63) is 23.2 Å². The number of aromatic nitrogens is 1. The third-order valence-electron chi connectivity index (χ3n) is 6.66. The molecule has 0 atom stereocenters. The van der Waals surface area contributed by atoms with Gasteiger partial charge in [-0.25, -0.2) is 9.78 Å². The van der Waals surface area contributed by atoms with Gasteiger partial charge in [-0.3, -0.25) is 4.79 Å². The number of nitrogens with zero attached hydrogens (tertiary/aromatic N) is 2. The van der Waals surface area contributed by atoms with Gasteiger partial charge >= 0.3 is 6.03 Å². The van der Waals surface area contributed by atoms with Crippen molar-refractivity contribution in [2.24, 2.45) is 17.8 Å². The molecule has 0 aromatic carbocycles. The summed E-state index contributed by atoms with van der Waals surface area (Å²) in [6, 6.07) is -0.150. The lowest BCUT2D eigenvalue weighted by atomic mass is 9.53. The van der Waals surface area contributed by atoms with Gasteiger partial charge in [0.25, 0.3) is 0 Å². The second-order valence-electron chi connectivity index (χ2n) is 9.01. The van der Waals surface area contributed by atoms with Crippen LogP contribution in [-0.2, 0) is 4.79 Å². The van der Waals surface area contributed by atoms with Crippen LogP contribution >= 0.6 is 11.3 Å². The Morgan fingerprint density at radius 2 is 1.82 bits per heavy atom. The summed E-state index contributed by atoms with van der Waals surface area (Å²) < 4.78 is 0. The number of thiazole rings is 1. The first kappa shape index (κ1) is 19.4. The van der Waals surface area contributed by atoms with E-state index in [0.29, 0.717) is 11.7 Å². The number of anilines is 1. The maximum atomic E-state index is 13.0. The van der Waals surface area contributed by atoms with Gasteiger partial charge in [-0.2, -0.15) is 0 Å². The van der Waals surface area contributed by atoms with Gasteiger partial charge in [-0.15, -0.1) is 17.9 Å². The second kappa shape index (κ2) is 7.50. The van der Waals surface area contributed by atoms with Crippen LogP contribution in [0.3, 0.4) is 0 Å². The van der Waals surface area contributed by atoms with Crippen LogP contribution in [0.15, 0.2) is 12.7 Å². The van der Waals surface area contributed by atoms with Gasteiger partial charge < -0.3 is 15.5 Å². The second-order valence-corrected chi connectivity index (χ2v) is 10.2. The van der Waals surface area contributed by atoms with Crippen molar-refractivity contribution >= 4 is 28.4 Å². The van der Waals surface area contributed by atoms with Gasteiger partial charge in [0.15, 0.2) is 5.13 Å². The number of carbonyl (C=O) groups excluding carboxylic acids is 2. The smallest absolute Gasteiger partial charge is 0.318 e. The van der Waals surface area contributed by atoms with Crippen molar-refractivity contribution in [1.29, 1.82) is 0 Å². The number of aryl methyl sites for hydroxylation is 2. The van der Waals surface area contributed by atoms with Crippen LogP contribution in [0.5, 0.6) is 0 Å². The molecule has 2 N–H and O–H groups in total. The molecule has 6 nitrogen and oxygen atoms in total. The van der Waals surface area contributed by atoms with Crippen molar-refractivity contribution in [2.75, 3.05) is 18.4 Å². The van der Waals surface area contributed by atoms with Gasteiger partial charge in [0, 0.05) is 17.0 Å². The average molecular weight is 403 g/mol. The van der Waals surface area contributed by atoms with Crippen molar-refractivity contribution in [2.45, 2.75) is 57.9 Å². The molecule has 0 radical (unpaired) electrons. The molecule has 152 valence electrons. The largest absolute Gasteiger partial charge is 0.333 e. The summed E-state index contributed by atoms with van der Waals surface area (Å²) >= 11 is 1.45. The maximum absolute atomic E-state index is 13.0. The zero-order valence-corrected chi connectivity index (χ0v) is 17.6. The molecule has 4 bridgehead atoms. The van der Waals surface area contributed by atoms with E-state index in [0.717, 1.165) is 47.6 Å². The summed E-state index contributed by atoms with van der Waals surface area (Å²) in [5, 5.41) is 6.74. The standard InChI is InChI=1S/C21H30N4O2S/c1-4-5-25(12-18(26)23-19-22-13(2)14(3)28-19)20(27)24-21-9-15-6-16(10-21)8-17(7-15)11-21/h4,15-17H,1,5-12H2,2-3H3,(H,24,27)(H,22,23,26). The Morgan fingerprint density at radius 1 is 1.21 bits per heavy atom. The van der Waals surface area contributed by atoms with E-state index in [-0.39, 0.29) is 24.0 Å².